The molecule has 0 saturated heterocycles. The molecule has 1 heterocycles. The van der Waals surface area contributed by atoms with Gasteiger partial charge in [-0.25, -0.2) is 9.78 Å². The Morgan fingerprint density at radius 1 is 0.962 bits per heavy atom. The number of nitrogens with zero attached hydrogens (tertiary/aromatic N) is 2. The van der Waals surface area contributed by atoms with Crippen LogP contribution < -0.4 is 0 Å². The van der Waals surface area contributed by atoms with Gasteiger partial charge in [-0.1, -0.05) is 60.7 Å². The second-order valence-corrected chi connectivity index (χ2v) is 6.79. The van der Waals surface area contributed by atoms with Crippen molar-refractivity contribution in [2.75, 3.05) is 20.7 Å². The SMILES string of the molecule is CN(C)C(=O)COC(=O)c1sc(-c2ccccc2)nc1-c1ccccc1. The van der Waals surface area contributed by atoms with Gasteiger partial charge in [-0.3, -0.25) is 4.79 Å². The van der Waals surface area contributed by atoms with Crippen LogP contribution in [0.3, 0.4) is 0 Å². The smallest absolute Gasteiger partial charge is 0.351 e. The number of carbonyl (C=O) groups excluding carboxylic acids is 2. The van der Waals surface area contributed by atoms with Crippen LogP contribution in [0.5, 0.6) is 0 Å². The Morgan fingerprint density at radius 2 is 1.54 bits per heavy atom. The lowest BCUT2D eigenvalue weighted by Gasteiger charge is -2.10. The van der Waals surface area contributed by atoms with E-state index < -0.39 is 5.97 Å². The van der Waals surface area contributed by atoms with Crippen molar-refractivity contribution in [3.05, 3.63) is 65.5 Å². The Labute approximate surface area is 155 Å². The first-order valence-electron chi connectivity index (χ1n) is 8.05. The van der Waals surface area contributed by atoms with Gasteiger partial charge in [0.2, 0.25) is 0 Å². The van der Waals surface area contributed by atoms with Gasteiger partial charge in [0.25, 0.3) is 5.91 Å². The summed E-state index contributed by atoms with van der Waals surface area (Å²) >= 11 is 1.27. The summed E-state index contributed by atoms with van der Waals surface area (Å²) < 4.78 is 5.20. The molecule has 5 nitrogen and oxygen atoms in total. The van der Waals surface area contributed by atoms with Gasteiger partial charge in [-0.15, -0.1) is 11.3 Å². The van der Waals surface area contributed by atoms with Crippen LogP contribution in [0.25, 0.3) is 21.8 Å². The highest BCUT2D eigenvalue weighted by molar-refractivity contribution is 7.17. The number of rotatable bonds is 5. The predicted octanol–water partition coefficient (Wildman–Crippen LogP) is 3.72. The van der Waals surface area contributed by atoms with Crippen LogP contribution in [-0.2, 0) is 9.53 Å². The van der Waals surface area contributed by atoms with E-state index in [2.05, 4.69) is 4.98 Å². The first kappa shape index (κ1) is 17.8. The number of likely N-dealkylation sites (N-methyl/N-ethyl adjacent to an activating group) is 1. The molecule has 2 aromatic carbocycles. The third kappa shape index (κ3) is 3.97. The highest BCUT2D eigenvalue weighted by Gasteiger charge is 2.22. The van der Waals surface area contributed by atoms with Crippen molar-refractivity contribution in [3.63, 3.8) is 0 Å². The van der Waals surface area contributed by atoms with Crippen LogP contribution in [0, 0.1) is 0 Å². The number of aromatic nitrogens is 1. The molecule has 26 heavy (non-hydrogen) atoms. The van der Waals surface area contributed by atoms with E-state index in [0.29, 0.717) is 10.6 Å². The highest BCUT2D eigenvalue weighted by atomic mass is 32.1. The van der Waals surface area contributed by atoms with E-state index in [1.165, 1.54) is 16.2 Å². The third-order valence-corrected chi connectivity index (χ3v) is 4.79. The zero-order valence-corrected chi connectivity index (χ0v) is 15.3. The van der Waals surface area contributed by atoms with E-state index in [-0.39, 0.29) is 12.5 Å². The van der Waals surface area contributed by atoms with Gasteiger partial charge in [-0.05, 0) is 0 Å². The summed E-state index contributed by atoms with van der Waals surface area (Å²) in [5.41, 5.74) is 2.33. The molecule has 0 atom stereocenters. The number of esters is 1. The summed E-state index contributed by atoms with van der Waals surface area (Å²) in [6.07, 6.45) is 0. The van der Waals surface area contributed by atoms with E-state index in [0.717, 1.165) is 16.1 Å². The zero-order chi connectivity index (χ0) is 18.5. The molecule has 0 bridgehead atoms. The Balaban J connectivity index is 1.96. The summed E-state index contributed by atoms with van der Waals surface area (Å²) in [6.45, 7) is -0.293. The van der Waals surface area contributed by atoms with Crippen LogP contribution in [0.1, 0.15) is 9.67 Å². The second-order valence-electron chi connectivity index (χ2n) is 5.79. The fourth-order valence-corrected chi connectivity index (χ4v) is 3.26. The quantitative estimate of drug-likeness (QED) is 0.646. The molecule has 0 aliphatic rings. The summed E-state index contributed by atoms with van der Waals surface area (Å²) in [5.74, 6) is -0.814. The molecule has 3 rings (SSSR count). The van der Waals surface area contributed by atoms with Crippen molar-refractivity contribution in [1.29, 1.82) is 0 Å². The fourth-order valence-electron chi connectivity index (χ4n) is 2.28. The van der Waals surface area contributed by atoms with Gasteiger partial charge >= 0.3 is 5.97 Å². The van der Waals surface area contributed by atoms with Crippen LogP contribution in [-0.4, -0.2) is 42.5 Å². The number of ether oxygens (including phenoxy) is 1. The monoisotopic (exact) mass is 366 g/mol. The van der Waals surface area contributed by atoms with Crippen LogP contribution in [0.15, 0.2) is 60.7 Å². The van der Waals surface area contributed by atoms with Crippen molar-refractivity contribution in [2.24, 2.45) is 0 Å². The minimum absolute atomic E-state index is 0.271. The molecule has 0 spiro atoms. The normalized spacial score (nSPS) is 10.4. The largest absolute Gasteiger partial charge is 0.451 e. The summed E-state index contributed by atoms with van der Waals surface area (Å²) in [7, 11) is 3.23. The molecule has 1 amide bonds. The van der Waals surface area contributed by atoms with E-state index in [4.69, 9.17) is 4.74 Å². The fraction of sp³-hybridized carbons (Fsp3) is 0.150. The Kier molecular flexibility index (Phi) is 5.43. The van der Waals surface area contributed by atoms with Crippen LogP contribution in [0.4, 0.5) is 0 Å². The van der Waals surface area contributed by atoms with Crippen molar-refractivity contribution in [3.8, 4) is 21.8 Å². The van der Waals surface area contributed by atoms with Gasteiger partial charge < -0.3 is 9.64 Å². The molecule has 1 aromatic heterocycles. The number of benzene rings is 2. The van der Waals surface area contributed by atoms with Gasteiger partial charge in [0.1, 0.15) is 9.88 Å². The lowest BCUT2D eigenvalue weighted by atomic mass is 10.1. The molecule has 0 saturated carbocycles. The molecule has 0 unspecified atom stereocenters. The lowest BCUT2D eigenvalue weighted by Crippen LogP contribution is -2.27. The molecule has 3 aromatic rings. The molecule has 0 aliphatic heterocycles. The van der Waals surface area contributed by atoms with Crippen LogP contribution in [0.2, 0.25) is 0 Å². The first-order valence-corrected chi connectivity index (χ1v) is 8.87. The van der Waals surface area contributed by atoms with Gasteiger partial charge in [0.05, 0.1) is 5.69 Å². The van der Waals surface area contributed by atoms with E-state index in [1.807, 2.05) is 60.7 Å². The lowest BCUT2D eigenvalue weighted by molar-refractivity contribution is -0.131. The molecule has 0 fully saturated rings. The molecule has 6 heteroatoms. The first-order chi connectivity index (χ1) is 12.6. The molecule has 0 aliphatic carbocycles. The summed E-state index contributed by atoms with van der Waals surface area (Å²) in [5, 5.41) is 0.732. The molecule has 0 N–H and O–H groups in total. The molecule has 132 valence electrons. The number of thiazole rings is 1. The average Bonchev–Trinajstić information content (AvgIpc) is 3.12. The van der Waals surface area contributed by atoms with Crippen LogP contribution >= 0.6 is 11.3 Å². The number of carbonyl (C=O) groups is 2. The van der Waals surface area contributed by atoms with Gasteiger partial charge in [0.15, 0.2) is 6.61 Å². The standard InChI is InChI=1S/C20H18N2O3S/c1-22(2)16(23)13-25-20(24)18-17(14-9-5-3-6-10-14)21-19(26-18)15-11-7-4-8-12-15/h3-12H,13H2,1-2H3. The maximum atomic E-state index is 12.6. The maximum Gasteiger partial charge on any atom is 0.351 e. The van der Waals surface area contributed by atoms with Crippen molar-refractivity contribution >= 4 is 23.2 Å². The highest BCUT2D eigenvalue weighted by Crippen LogP contribution is 2.34. The minimum Gasteiger partial charge on any atom is -0.451 e. The van der Waals surface area contributed by atoms with Gasteiger partial charge in [0, 0.05) is 25.2 Å². The number of hydrogen-bond acceptors (Lipinski definition) is 5. The number of amides is 1. The van der Waals surface area contributed by atoms with E-state index in [9.17, 15) is 9.59 Å². The Bertz CT molecular complexity index is 905. The van der Waals surface area contributed by atoms with Gasteiger partial charge in [-0.2, -0.15) is 0 Å². The third-order valence-electron chi connectivity index (χ3n) is 3.71. The molecular formula is C20H18N2O3S. The summed E-state index contributed by atoms with van der Waals surface area (Å²) in [6, 6.07) is 19.1. The molecular weight excluding hydrogens is 348 g/mol. The summed E-state index contributed by atoms with van der Waals surface area (Å²) in [4.78, 5) is 30.7. The Hall–Kier alpha value is -2.99. The van der Waals surface area contributed by atoms with Crippen molar-refractivity contribution in [1.82, 2.24) is 9.88 Å². The average molecular weight is 366 g/mol. The molecule has 0 radical (unpaired) electrons. The Morgan fingerprint density at radius 3 is 2.12 bits per heavy atom. The minimum atomic E-state index is -0.543. The predicted molar refractivity (Wildman–Crippen MR) is 102 cm³/mol. The van der Waals surface area contributed by atoms with Crippen molar-refractivity contribution < 1.29 is 14.3 Å². The zero-order valence-electron chi connectivity index (χ0n) is 14.5. The second kappa shape index (κ2) is 7.93. The topological polar surface area (TPSA) is 59.5 Å². The van der Waals surface area contributed by atoms with E-state index >= 15 is 0 Å². The maximum absolute atomic E-state index is 12.6. The number of hydrogen-bond donors (Lipinski definition) is 0. The van der Waals surface area contributed by atoms with E-state index in [1.54, 1.807) is 14.1 Å². The van der Waals surface area contributed by atoms with Crippen molar-refractivity contribution in [2.45, 2.75) is 0 Å².